The number of methoxy groups -OCH3 is 3. The van der Waals surface area contributed by atoms with Gasteiger partial charge in [-0.05, 0) is 78.9 Å². The second-order valence-corrected chi connectivity index (χ2v) is 9.91. The first kappa shape index (κ1) is 26.9. The van der Waals surface area contributed by atoms with Crippen LogP contribution in [0.1, 0.15) is 42.7 Å². The number of carbonyl (C=O) groups excluding carboxylic acids is 2. The molecule has 0 fully saturated rings. The van der Waals surface area contributed by atoms with Crippen LogP contribution in [0.2, 0.25) is 0 Å². The van der Waals surface area contributed by atoms with Gasteiger partial charge in [-0.15, -0.1) is 0 Å². The van der Waals surface area contributed by atoms with E-state index in [9.17, 15) is 14.7 Å². The van der Waals surface area contributed by atoms with Gasteiger partial charge in [-0.25, -0.2) is 0 Å². The Balaban J connectivity index is 1.53. The first-order chi connectivity index (χ1) is 19.3. The highest BCUT2D eigenvalue weighted by molar-refractivity contribution is 6.10. The van der Waals surface area contributed by atoms with E-state index in [4.69, 9.17) is 14.2 Å². The van der Waals surface area contributed by atoms with E-state index in [0.717, 1.165) is 11.3 Å². The van der Waals surface area contributed by atoms with Gasteiger partial charge in [0, 0.05) is 40.6 Å². The molecule has 3 aromatic carbocycles. The van der Waals surface area contributed by atoms with Crippen LogP contribution in [-0.2, 0) is 9.59 Å². The van der Waals surface area contributed by atoms with Crippen molar-refractivity contribution in [1.82, 2.24) is 5.32 Å². The molecule has 0 saturated carbocycles. The van der Waals surface area contributed by atoms with Gasteiger partial charge in [-0.3, -0.25) is 9.59 Å². The summed E-state index contributed by atoms with van der Waals surface area (Å²) in [5.74, 6) is 0.879. The quantitative estimate of drug-likeness (QED) is 0.368. The number of aromatic hydroxyl groups is 1. The minimum absolute atomic E-state index is 0.0517. The number of phenolic OH excluding ortho intramolecular Hbond substituents is 1. The molecule has 8 nitrogen and oxygen atoms in total. The number of allylic oxidation sites excluding steroid dienone is 3. The van der Waals surface area contributed by atoms with Crippen LogP contribution in [0, 0.1) is 0 Å². The number of dihydropyridines is 1. The number of Topliss-reactive ketones (excluding diaryl/α,β-unsaturated/α-hetero) is 1. The molecule has 0 radical (unpaired) electrons. The van der Waals surface area contributed by atoms with Gasteiger partial charge in [0.1, 0.15) is 11.5 Å². The number of nitrogens with one attached hydrogen (secondary N) is 2. The lowest BCUT2D eigenvalue weighted by atomic mass is 9.71. The van der Waals surface area contributed by atoms with Gasteiger partial charge in [-0.1, -0.05) is 18.2 Å². The molecule has 1 amide bonds. The van der Waals surface area contributed by atoms with Crippen LogP contribution in [0.4, 0.5) is 5.69 Å². The lowest BCUT2D eigenvalue weighted by molar-refractivity contribution is -0.116. The summed E-state index contributed by atoms with van der Waals surface area (Å²) in [6.45, 7) is 1.84. The molecular weight excluding hydrogens is 508 g/mol. The molecule has 2 aliphatic rings. The highest BCUT2D eigenvalue weighted by atomic mass is 16.5. The second kappa shape index (κ2) is 11.2. The molecule has 2 atom stereocenters. The number of ether oxygens (including phenoxy) is 3. The summed E-state index contributed by atoms with van der Waals surface area (Å²) in [7, 11) is 4.75. The van der Waals surface area contributed by atoms with E-state index in [0.29, 0.717) is 51.8 Å². The van der Waals surface area contributed by atoms with Crippen molar-refractivity contribution in [3.8, 4) is 23.0 Å². The first-order valence-electron chi connectivity index (χ1n) is 13.0. The highest BCUT2D eigenvalue weighted by Gasteiger charge is 2.41. The van der Waals surface area contributed by atoms with Crippen molar-refractivity contribution in [1.29, 1.82) is 0 Å². The van der Waals surface area contributed by atoms with Crippen LogP contribution >= 0.6 is 0 Å². The Morgan fingerprint density at radius 1 is 0.900 bits per heavy atom. The molecule has 0 bridgehead atoms. The van der Waals surface area contributed by atoms with E-state index in [-0.39, 0.29) is 29.8 Å². The van der Waals surface area contributed by atoms with Gasteiger partial charge in [0.05, 0.1) is 21.3 Å². The third kappa shape index (κ3) is 5.12. The third-order valence-corrected chi connectivity index (χ3v) is 7.50. The molecule has 0 spiro atoms. The number of carbonyl (C=O) groups is 2. The third-order valence-electron chi connectivity index (χ3n) is 7.50. The van der Waals surface area contributed by atoms with Crippen LogP contribution in [0.15, 0.2) is 89.3 Å². The fourth-order valence-electron chi connectivity index (χ4n) is 5.59. The fourth-order valence-corrected chi connectivity index (χ4v) is 5.59. The van der Waals surface area contributed by atoms with Gasteiger partial charge >= 0.3 is 0 Å². The summed E-state index contributed by atoms with van der Waals surface area (Å²) in [6.07, 6.45) is 0.855. The smallest absolute Gasteiger partial charge is 0.254 e. The highest BCUT2D eigenvalue weighted by Crippen LogP contribution is 2.46. The minimum Gasteiger partial charge on any atom is -0.508 e. The van der Waals surface area contributed by atoms with Gasteiger partial charge in [0.25, 0.3) is 5.91 Å². The molecule has 1 aliphatic carbocycles. The van der Waals surface area contributed by atoms with Crippen LogP contribution in [0.25, 0.3) is 0 Å². The standard InChI is InChI=1S/C32H32N2O6/c1-18-29(32(37)34-22-9-11-24(38-2)12-10-22)30(20-6-5-7-23(35)14-20)31-25(33-18)15-21(16-26(31)36)19-8-13-27(39-3)28(17-19)40-4/h5-14,17,21,30,33,35H,15-16H2,1-4H3,(H,34,37)/t21-,30-/m1/s1. The lowest BCUT2D eigenvalue weighted by Crippen LogP contribution is -2.37. The van der Waals surface area contributed by atoms with Gasteiger partial charge < -0.3 is 30.0 Å². The van der Waals surface area contributed by atoms with Gasteiger partial charge in [0.2, 0.25) is 0 Å². The zero-order chi connectivity index (χ0) is 28.4. The van der Waals surface area contributed by atoms with Gasteiger partial charge in [-0.2, -0.15) is 0 Å². The normalized spacial score (nSPS) is 18.6. The summed E-state index contributed by atoms with van der Waals surface area (Å²) in [6, 6.07) is 19.5. The van der Waals surface area contributed by atoms with Crippen molar-refractivity contribution in [3.63, 3.8) is 0 Å². The van der Waals surface area contributed by atoms with E-state index >= 15 is 0 Å². The molecule has 1 aliphatic heterocycles. The van der Waals surface area contributed by atoms with Crippen molar-refractivity contribution in [2.75, 3.05) is 26.6 Å². The average molecular weight is 541 g/mol. The van der Waals surface area contributed by atoms with Crippen LogP contribution in [0.3, 0.4) is 0 Å². The van der Waals surface area contributed by atoms with E-state index in [2.05, 4.69) is 10.6 Å². The maximum absolute atomic E-state index is 13.9. The summed E-state index contributed by atoms with van der Waals surface area (Å²) in [4.78, 5) is 27.6. The Morgan fingerprint density at radius 2 is 1.65 bits per heavy atom. The number of hydrogen-bond acceptors (Lipinski definition) is 7. The number of anilines is 1. The second-order valence-electron chi connectivity index (χ2n) is 9.91. The monoisotopic (exact) mass is 540 g/mol. The van der Waals surface area contributed by atoms with Crippen molar-refractivity contribution in [2.45, 2.75) is 31.6 Å². The topological polar surface area (TPSA) is 106 Å². The van der Waals surface area contributed by atoms with Crippen LogP contribution in [0.5, 0.6) is 23.0 Å². The maximum atomic E-state index is 13.9. The molecule has 5 rings (SSSR count). The van der Waals surface area contributed by atoms with E-state index < -0.39 is 5.92 Å². The fraction of sp³-hybridized carbons (Fsp3) is 0.250. The zero-order valence-corrected chi connectivity index (χ0v) is 22.9. The summed E-state index contributed by atoms with van der Waals surface area (Å²) >= 11 is 0. The van der Waals surface area contributed by atoms with Crippen molar-refractivity contribution >= 4 is 17.4 Å². The Hall–Kier alpha value is -4.72. The molecule has 3 aromatic rings. The van der Waals surface area contributed by atoms with E-state index in [1.165, 1.54) is 0 Å². The van der Waals surface area contributed by atoms with Crippen molar-refractivity contribution < 1.29 is 28.9 Å². The zero-order valence-electron chi connectivity index (χ0n) is 22.9. The van der Waals surface area contributed by atoms with E-state index in [1.54, 1.807) is 63.8 Å². The molecule has 40 heavy (non-hydrogen) atoms. The molecule has 1 heterocycles. The summed E-state index contributed by atoms with van der Waals surface area (Å²) in [5.41, 5.74) is 4.65. The molecule has 0 saturated heterocycles. The first-order valence-corrected chi connectivity index (χ1v) is 13.0. The van der Waals surface area contributed by atoms with Crippen LogP contribution < -0.4 is 24.8 Å². The number of benzene rings is 3. The molecular formula is C32H32N2O6. The SMILES string of the molecule is COc1ccc(NC(=O)C2=C(C)NC3=C(C(=O)C[C@H](c4ccc(OC)c(OC)c4)C3)[C@@H]2c2cccc(O)c2)cc1. The van der Waals surface area contributed by atoms with Gasteiger partial charge in [0.15, 0.2) is 17.3 Å². The summed E-state index contributed by atoms with van der Waals surface area (Å²) in [5, 5.41) is 16.6. The van der Waals surface area contributed by atoms with Crippen molar-refractivity contribution in [3.05, 3.63) is 100 Å². The molecule has 3 N–H and O–H groups in total. The lowest BCUT2D eigenvalue weighted by Gasteiger charge is -2.37. The predicted molar refractivity (Wildman–Crippen MR) is 152 cm³/mol. The Bertz CT molecular complexity index is 1520. The van der Waals surface area contributed by atoms with Crippen LogP contribution in [-0.4, -0.2) is 38.1 Å². The number of hydrogen-bond donors (Lipinski definition) is 3. The predicted octanol–water partition coefficient (Wildman–Crippen LogP) is 5.42. The Kier molecular flexibility index (Phi) is 7.51. The van der Waals surface area contributed by atoms with E-state index in [1.807, 2.05) is 31.2 Å². The number of phenols is 1. The largest absolute Gasteiger partial charge is 0.508 e. The molecule has 0 unspecified atom stereocenters. The Labute approximate surface area is 233 Å². The summed E-state index contributed by atoms with van der Waals surface area (Å²) < 4.78 is 16.1. The van der Waals surface area contributed by atoms with Crippen molar-refractivity contribution in [2.24, 2.45) is 0 Å². The Morgan fingerprint density at radius 3 is 2.33 bits per heavy atom. The number of rotatable bonds is 7. The molecule has 206 valence electrons. The average Bonchev–Trinajstić information content (AvgIpc) is 2.96. The number of ketones is 1. The molecule has 8 heteroatoms. The molecule has 0 aromatic heterocycles. The minimum atomic E-state index is -0.638. The number of amides is 1. The maximum Gasteiger partial charge on any atom is 0.254 e.